The monoisotopic (exact) mass is 375 g/mol. The van der Waals surface area contributed by atoms with E-state index in [9.17, 15) is 13.2 Å². The van der Waals surface area contributed by atoms with Gasteiger partial charge in [-0.3, -0.25) is 4.68 Å². The number of fused-ring (bicyclic) bond motifs is 1. The average molecular weight is 375 g/mol. The first kappa shape index (κ1) is 18.3. The molecule has 138 valence electrons. The Hall–Kier alpha value is -2.45. The van der Waals surface area contributed by atoms with Crippen LogP contribution in [0.15, 0.2) is 44.4 Å². The van der Waals surface area contributed by atoms with Gasteiger partial charge in [-0.25, -0.2) is 17.9 Å². The van der Waals surface area contributed by atoms with E-state index in [4.69, 9.17) is 4.42 Å². The maximum Gasteiger partial charge on any atom is 0.336 e. The number of hydrogen-bond acceptors (Lipinski definition) is 5. The second-order valence-electron chi connectivity index (χ2n) is 6.40. The predicted molar refractivity (Wildman–Crippen MR) is 98.8 cm³/mol. The number of nitrogens with zero attached hydrogens (tertiary/aromatic N) is 2. The molecule has 1 aromatic carbocycles. The van der Waals surface area contributed by atoms with Crippen LogP contribution in [0.3, 0.4) is 0 Å². The molecule has 8 heteroatoms. The van der Waals surface area contributed by atoms with E-state index in [1.165, 1.54) is 24.3 Å². The van der Waals surface area contributed by atoms with Crippen molar-refractivity contribution >= 4 is 21.0 Å². The summed E-state index contributed by atoms with van der Waals surface area (Å²) in [6.45, 7) is 8.03. The normalized spacial score (nSPS) is 13.2. The molecule has 0 aliphatic heterocycles. The van der Waals surface area contributed by atoms with Crippen LogP contribution in [0, 0.1) is 20.8 Å². The summed E-state index contributed by atoms with van der Waals surface area (Å²) in [6, 6.07) is 7.07. The second-order valence-corrected chi connectivity index (χ2v) is 8.16. The Balaban J connectivity index is 1.81. The molecule has 0 aliphatic rings. The minimum absolute atomic E-state index is 0.121. The van der Waals surface area contributed by atoms with Gasteiger partial charge in [0, 0.05) is 23.7 Å². The molecular weight excluding hydrogens is 354 g/mol. The van der Waals surface area contributed by atoms with Crippen LogP contribution in [-0.2, 0) is 10.0 Å². The molecule has 0 fully saturated rings. The first-order valence-electron chi connectivity index (χ1n) is 8.25. The molecule has 0 radical (unpaired) electrons. The standard InChI is InChI=1S/C18H21N3O4S/c1-11(21-14(4)12(2)13(3)20-21)10-19-26(23,24)16-6-7-17-15(9-16)5-8-18(22)25-17/h5-9,11,19H,10H2,1-4H3/t11-/m0/s1. The van der Waals surface area contributed by atoms with Gasteiger partial charge in [0.15, 0.2) is 0 Å². The minimum atomic E-state index is -3.69. The molecule has 2 aromatic heterocycles. The number of rotatable bonds is 5. The summed E-state index contributed by atoms with van der Waals surface area (Å²) in [5.41, 5.74) is 2.95. The Morgan fingerprint density at radius 2 is 1.92 bits per heavy atom. The van der Waals surface area contributed by atoms with Crippen LogP contribution >= 0.6 is 0 Å². The van der Waals surface area contributed by atoms with E-state index >= 15 is 0 Å². The first-order valence-corrected chi connectivity index (χ1v) is 9.73. The van der Waals surface area contributed by atoms with Crippen molar-refractivity contribution < 1.29 is 12.8 Å². The van der Waals surface area contributed by atoms with E-state index < -0.39 is 15.6 Å². The highest BCUT2D eigenvalue weighted by Gasteiger charge is 2.19. The molecular formula is C18H21N3O4S. The zero-order valence-electron chi connectivity index (χ0n) is 15.1. The van der Waals surface area contributed by atoms with E-state index in [1.807, 2.05) is 32.4 Å². The van der Waals surface area contributed by atoms with Gasteiger partial charge in [-0.2, -0.15) is 5.10 Å². The molecule has 3 rings (SSSR count). The summed E-state index contributed by atoms with van der Waals surface area (Å²) >= 11 is 0. The van der Waals surface area contributed by atoms with Crippen LogP contribution in [0.1, 0.15) is 29.9 Å². The number of hydrogen-bond donors (Lipinski definition) is 1. The summed E-state index contributed by atoms with van der Waals surface area (Å²) in [4.78, 5) is 11.3. The molecule has 0 bridgehead atoms. The highest BCUT2D eigenvalue weighted by atomic mass is 32.2. The number of aromatic nitrogens is 2. The smallest absolute Gasteiger partial charge is 0.336 e. The van der Waals surface area contributed by atoms with Gasteiger partial charge in [-0.15, -0.1) is 0 Å². The molecule has 0 spiro atoms. The highest BCUT2D eigenvalue weighted by Crippen LogP contribution is 2.19. The van der Waals surface area contributed by atoms with Crippen LogP contribution in [-0.4, -0.2) is 24.7 Å². The summed E-state index contributed by atoms with van der Waals surface area (Å²) in [7, 11) is -3.69. The van der Waals surface area contributed by atoms with Gasteiger partial charge in [0.2, 0.25) is 10.0 Å². The Morgan fingerprint density at radius 1 is 1.19 bits per heavy atom. The maximum absolute atomic E-state index is 12.6. The molecule has 3 aromatic rings. The highest BCUT2D eigenvalue weighted by molar-refractivity contribution is 7.89. The number of nitrogens with one attached hydrogen (secondary N) is 1. The third-order valence-electron chi connectivity index (χ3n) is 4.57. The Bertz CT molecular complexity index is 1130. The van der Waals surface area contributed by atoms with E-state index in [0.29, 0.717) is 11.0 Å². The fourth-order valence-electron chi connectivity index (χ4n) is 2.79. The van der Waals surface area contributed by atoms with Crippen LogP contribution in [0.5, 0.6) is 0 Å². The van der Waals surface area contributed by atoms with Crippen LogP contribution in [0.4, 0.5) is 0 Å². The largest absolute Gasteiger partial charge is 0.423 e. The predicted octanol–water partition coefficient (Wildman–Crippen LogP) is 2.45. The topological polar surface area (TPSA) is 94.2 Å². The maximum atomic E-state index is 12.6. The summed E-state index contributed by atoms with van der Waals surface area (Å²) in [5, 5.41) is 5.02. The summed E-state index contributed by atoms with van der Waals surface area (Å²) in [5.74, 6) is 0. The molecule has 1 N–H and O–H groups in total. The van der Waals surface area contributed by atoms with Crippen LogP contribution in [0.2, 0.25) is 0 Å². The number of sulfonamides is 1. The van der Waals surface area contributed by atoms with Gasteiger partial charge in [-0.1, -0.05) is 0 Å². The zero-order chi connectivity index (χ0) is 19.1. The van der Waals surface area contributed by atoms with Crippen molar-refractivity contribution in [1.29, 1.82) is 0 Å². The van der Waals surface area contributed by atoms with Crippen molar-refractivity contribution in [2.24, 2.45) is 0 Å². The van der Waals surface area contributed by atoms with Gasteiger partial charge in [-0.05, 0) is 57.5 Å². The Labute approximate surface area is 151 Å². The lowest BCUT2D eigenvalue weighted by Gasteiger charge is -2.16. The summed E-state index contributed by atoms with van der Waals surface area (Å²) < 4.78 is 34.7. The molecule has 7 nitrogen and oxygen atoms in total. The van der Waals surface area contributed by atoms with Crippen molar-refractivity contribution in [2.45, 2.75) is 38.6 Å². The number of benzene rings is 1. The molecule has 0 saturated heterocycles. The SMILES string of the molecule is Cc1nn([C@@H](C)CNS(=O)(=O)c2ccc3oc(=O)ccc3c2)c(C)c1C. The third kappa shape index (κ3) is 3.42. The molecule has 0 amide bonds. The van der Waals surface area contributed by atoms with E-state index in [2.05, 4.69) is 9.82 Å². The van der Waals surface area contributed by atoms with Gasteiger partial charge in [0.25, 0.3) is 0 Å². The van der Waals surface area contributed by atoms with Crippen molar-refractivity contribution in [3.63, 3.8) is 0 Å². The fraction of sp³-hybridized carbons (Fsp3) is 0.333. The first-order chi connectivity index (χ1) is 12.2. The van der Waals surface area contributed by atoms with E-state index in [-0.39, 0.29) is 17.5 Å². The van der Waals surface area contributed by atoms with Gasteiger partial charge >= 0.3 is 5.63 Å². The van der Waals surface area contributed by atoms with E-state index in [1.54, 1.807) is 6.07 Å². The van der Waals surface area contributed by atoms with Crippen LogP contribution < -0.4 is 10.3 Å². The minimum Gasteiger partial charge on any atom is -0.423 e. The Kier molecular flexibility index (Phi) is 4.72. The lowest BCUT2D eigenvalue weighted by Crippen LogP contribution is -2.30. The molecule has 26 heavy (non-hydrogen) atoms. The van der Waals surface area contributed by atoms with Crippen molar-refractivity contribution in [3.05, 3.63) is 57.7 Å². The summed E-state index contributed by atoms with van der Waals surface area (Å²) in [6.07, 6.45) is 0. The molecule has 1 atom stereocenters. The average Bonchev–Trinajstić information content (AvgIpc) is 2.86. The number of aryl methyl sites for hydroxylation is 1. The lowest BCUT2D eigenvalue weighted by atomic mass is 10.2. The van der Waals surface area contributed by atoms with Crippen molar-refractivity contribution in [1.82, 2.24) is 14.5 Å². The molecule has 0 unspecified atom stereocenters. The van der Waals surface area contributed by atoms with Gasteiger partial charge in [0.1, 0.15) is 5.58 Å². The Morgan fingerprint density at radius 3 is 2.58 bits per heavy atom. The van der Waals surface area contributed by atoms with Gasteiger partial charge < -0.3 is 4.42 Å². The molecule has 2 heterocycles. The third-order valence-corrected chi connectivity index (χ3v) is 6.00. The van der Waals surface area contributed by atoms with E-state index in [0.717, 1.165) is 17.0 Å². The lowest BCUT2D eigenvalue weighted by molar-refractivity contribution is 0.467. The molecule has 0 saturated carbocycles. The van der Waals surface area contributed by atoms with Crippen LogP contribution in [0.25, 0.3) is 11.0 Å². The molecule has 0 aliphatic carbocycles. The van der Waals surface area contributed by atoms with Gasteiger partial charge in [0.05, 0.1) is 16.6 Å². The zero-order valence-corrected chi connectivity index (χ0v) is 15.9. The fourth-order valence-corrected chi connectivity index (χ4v) is 3.95. The van der Waals surface area contributed by atoms with Crippen molar-refractivity contribution in [2.75, 3.05) is 6.54 Å². The quantitative estimate of drug-likeness (QED) is 0.691. The van der Waals surface area contributed by atoms with Crippen molar-refractivity contribution in [3.8, 4) is 0 Å². The second kappa shape index (κ2) is 6.69.